The second-order valence-corrected chi connectivity index (χ2v) is 4.35. The average Bonchev–Trinajstić information content (AvgIpc) is 2.43. The summed E-state index contributed by atoms with van der Waals surface area (Å²) in [6.45, 7) is 1.86. The predicted molar refractivity (Wildman–Crippen MR) is 64.0 cm³/mol. The van der Waals surface area contributed by atoms with E-state index in [4.69, 9.17) is 5.73 Å². The highest BCUT2D eigenvalue weighted by molar-refractivity contribution is 5.84. The van der Waals surface area contributed by atoms with Gasteiger partial charge in [-0.1, -0.05) is 0 Å². The zero-order valence-electron chi connectivity index (χ0n) is 10.3. The molecule has 1 atom stereocenters. The van der Waals surface area contributed by atoms with E-state index in [1.165, 1.54) is 0 Å². The van der Waals surface area contributed by atoms with Crippen LogP contribution in [0.15, 0.2) is 23.8 Å². The van der Waals surface area contributed by atoms with Gasteiger partial charge in [0.25, 0.3) is 0 Å². The third kappa shape index (κ3) is 3.18. The third-order valence-corrected chi connectivity index (χ3v) is 2.36. The van der Waals surface area contributed by atoms with Gasteiger partial charge in [-0.2, -0.15) is 0 Å². The van der Waals surface area contributed by atoms with Crippen molar-refractivity contribution in [3.8, 4) is 0 Å². The number of hydrogen-bond donors (Lipinski definition) is 2. The van der Waals surface area contributed by atoms with Crippen LogP contribution in [0.4, 0.5) is 0 Å². The minimum Gasteiger partial charge on any atom is -0.401 e. The van der Waals surface area contributed by atoms with E-state index in [1.54, 1.807) is 6.20 Å². The van der Waals surface area contributed by atoms with Crippen LogP contribution in [0.2, 0.25) is 0 Å². The zero-order chi connectivity index (χ0) is 12.3. The lowest BCUT2D eigenvalue weighted by Gasteiger charge is -2.20. The van der Waals surface area contributed by atoms with E-state index in [-0.39, 0.29) is 11.9 Å². The molecule has 0 aliphatic carbocycles. The molecule has 1 amide bonds. The van der Waals surface area contributed by atoms with Crippen molar-refractivity contribution in [1.29, 1.82) is 0 Å². The summed E-state index contributed by atoms with van der Waals surface area (Å²) in [6, 6.07) is -0.189. The van der Waals surface area contributed by atoms with Gasteiger partial charge in [-0.15, -0.1) is 0 Å². The van der Waals surface area contributed by atoms with Crippen LogP contribution in [0.3, 0.4) is 0 Å². The van der Waals surface area contributed by atoms with Gasteiger partial charge in [0, 0.05) is 51.4 Å². The fraction of sp³-hybridized carbons (Fsp3) is 0.545. The molecule has 1 rings (SSSR count). The van der Waals surface area contributed by atoms with E-state index >= 15 is 0 Å². The Morgan fingerprint density at radius 3 is 2.75 bits per heavy atom. The fourth-order valence-corrected chi connectivity index (χ4v) is 1.75. The molecular weight excluding hydrogens is 204 g/mol. The number of rotatable bonds is 3. The van der Waals surface area contributed by atoms with Crippen molar-refractivity contribution < 1.29 is 4.79 Å². The monoisotopic (exact) mass is 224 g/mol. The van der Waals surface area contributed by atoms with Crippen LogP contribution in [0, 0.1) is 0 Å². The van der Waals surface area contributed by atoms with Gasteiger partial charge >= 0.3 is 0 Å². The van der Waals surface area contributed by atoms with Gasteiger partial charge in [-0.25, -0.2) is 0 Å². The summed E-state index contributed by atoms with van der Waals surface area (Å²) < 4.78 is 0. The second-order valence-electron chi connectivity index (χ2n) is 4.35. The maximum atomic E-state index is 11.9. The normalized spacial score (nSPS) is 20.8. The quantitative estimate of drug-likeness (QED) is 0.710. The Kier molecular flexibility index (Phi) is 3.82. The van der Waals surface area contributed by atoms with E-state index in [0.717, 1.165) is 11.4 Å². The van der Waals surface area contributed by atoms with Crippen LogP contribution in [0.25, 0.3) is 0 Å². The summed E-state index contributed by atoms with van der Waals surface area (Å²) in [4.78, 5) is 15.6. The molecule has 0 saturated carbocycles. The molecule has 1 heterocycles. The van der Waals surface area contributed by atoms with Gasteiger partial charge in [0.05, 0.1) is 0 Å². The van der Waals surface area contributed by atoms with E-state index in [0.29, 0.717) is 6.42 Å². The van der Waals surface area contributed by atoms with Crippen molar-refractivity contribution in [3.63, 3.8) is 0 Å². The predicted octanol–water partition coefficient (Wildman–Crippen LogP) is 0.0297. The Hall–Kier alpha value is -1.65. The van der Waals surface area contributed by atoms with Crippen LogP contribution in [0.5, 0.6) is 0 Å². The number of likely N-dealkylation sites (N-methyl/N-ethyl adjacent to an activating group) is 1. The Balaban J connectivity index is 2.54. The summed E-state index contributed by atoms with van der Waals surface area (Å²) in [6.07, 6.45) is 4.26. The van der Waals surface area contributed by atoms with Crippen molar-refractivity contribution in [3.05, 3.63) is 23.8 Å². The summed E-state index contributed by atoms with van der Waals surface area (Å²) in [5.74, 6) is -0.0187. The van der Waals surface area contributed by atoms with Crippen LogP contribution >= 0.6 is 0 Å². The minimum atomic E-state index is -0.189. The Labute approximate surface area is 96.6 Å². The Morgan fingerprint density at radius 1 is 1.69 bits per heavy atom. The van der Waals surface area contributed by atoms with Gasteiger partial charge in [-0.3, -0.25) is 4.79 Å². The zero-order valence-corrected chi connectivity index (χ0v) is 10.3. The number of carbonyl (C=O) groups excluding carboxylic acids is 1. The molecule has 0 bridgehead atoms. The molecule has 90 valence electrons. The van der Waals surface area contributed by atoms with Crippen molar-refractivity contribution in [2.75, 3.05) is 21.1 Å². The largest absolute Gasteiger partial charge is 0.401 e. The fourth-order valence-electron chi connectivity index (χ4n) is 1.75. The maximum Gasteiger partial charge on any atom is 0.247 e. The molecule has 0 aromatic heterocycles. The molecule has 5 heteroatoms. The van der Waals surface area contributed by atoms with Gasteiger partial charge in [-0.05, 0) is 6.92 Å². The number of allylic oxidation sites excluding steroid dienone is 1. The highest BCUT2D eigenvalue weighted by Gasteiger charge is 2.27. The summed E-state index contributed by atoms with van der Waals surface area (Å²) in [5, 5.41) is 2.85. The van der Waals surface area contributed by atoms with Crippen molar-refractivity contribution in [2.45, 2.75) is 19.4 Å². The maximum absolute atomic E-state index is 11.9. The van der Waals surface area contributed by atoms with E-state index < -0.39 is 0 Å². The van der Waals surface area contributed by atoms with Gasteiger partial charge in [0.15, 0.2) is 0 Å². The average molecular weight is 224 g/mol. The number of nitrogens with zero attached hydrogens (tertiary/aromatic N) is 2. The van der Waals surface area contributed by atoms with Gasteiger partial charge in [0.1, 0.15) is 6.04 Å². The molecule has 1 unspecified atom stereocenters. The summed E-state index contributed by atoms with van der Waals surface area (Å²) in [7, 11) is 5.68. The second kappa shape index (κ2) is 4.92. The van der Waals surface area contributed by atoms with Gasteiger partial charge in [0.2, 0.25) is 5.91 Å². The van der Waals surface area contributed by atoms with Crippen molar-refractivity contribution >= 4 is 5.91 Å². The smallest absolute Gasteiger partial charge is 0.247 e. The van der Waals surface area contributed by atoms with Crippen LogP contribution in [-0.2, 0) is 4.79 Å². The molecule has 16 heavy (non-hydrogen) atoms. The molecule has 0 aromatic rings. The molecule has 0 fully saturated rings. The Bertz CT molecular complexity index is 333. The first kappa shape index (κ1) is 12.4. The van der Waals surface area contributed by atoms with Crippen LogP contribution in [-0.4, -0.2) is 42.9 Å². The SMILES string of the molecule is C/C(=C\N(C)C)NC(=O)C1CC(N)=CN1C. The van der Waals surface area contributed by atoms with Crippen molar-refractivity contribution in [1.82, 2.24) is 15.1 Å². The lowest BCUT2D eigenvalue weighted by molar-refractivity contribution is -0.124. The molecule has 0 saturated heterocycles. The number of amides is 1. The molecule has 0 radical (unpaired) electrons. The first-order valence-corrected chi connectivity index (χ1v) is 5.24. The number of carbonyl (C=O) groups is 1. The van der Waals surface area contributed by atoms with E-state index in [1.807, 2.05) is 44.1 Å². The number of hydrogen-bond acceptors (Lipinski definition) is 4. The number of nitrogens with two attached hydrogens (primary N) is 1. The molecule has 1 aliphatic rings. The first-order valence-electron chi connectivity index (χ1n) is 5.24. The van der Waals surface area contributed by atoms with Gasteiger partial charge < -0.3 is 20.9 Å². The molecule has 3 N–H and O–H groups in total. The van der Waals surface area contributed by atoms with E-state index in [9.17, 15) is 4.79 Å². The standard InChI is InChI=1S/C11H20N4O/c1-8(6-14(2)3)13-11(16)10-5-9(12)7-15(10)4/h6-7,10H,5,12H2,1-4H3,(H,13,16)/b8-6+. The number of nitrogens with one attached hydrogen (secondary N) is 1. The molecule has 5 nitrogen and oxygen atoms in total. The first-order chi connectivity index (χ1) is 7.40. The lowest BCUT2D eigenvalue weighted by Crippen LogP contribution is -2.40. The molecule has 0 spiro atoms. The minimum absolute atomic E-state index is 0.0187. The third-order valence-electron chi connectivity index (χ3n) is 2.36. The Morgan fingerprint density at radius 2 is 2.31 bits per heavy atom. The topological polar surface area (TPSA) is 61.6 Å². The summed E-state index contributed by atoms with van der Waals surface area (Å²) >= 11 is 0. The lowest BCUT2D eigenvalue weighted by atomic mass is 10.2. The molecular formula is C11H20N4O. The highest BCUT2D eigenvalue weighted by Crippen LogP contribution is 2.16. The van der Waals surface area contributed by atoms with Crippen LogP contribution in [0.1, 0.15) is 13.3 Å². The summed E-state index contributed by atoms with van der Waals surface area (Å²) in [5.41, 5.74) is 7.26. The van der Waals surface area contributed by atoms with Crippen molar-refractivity contribution in [2.24, 2.45) is 5.73 Å². The van der Waals surface area contributed by atoms with E-state index in [2.05, 4.69) is 5.32 Å². The van der Waals surface area contributed by atoms with Crippen LogP contribution < -0.4 is 11.1 Å². The highest BCUT2D eigenvalue weighted by atomic mass is 16.2. The molecule has 1 aliphatic heterocycles. The molecule has 0 aromatic carbocycles.